The van der Waals surface area contributed by atoms with Crippen molar-refractivity contribution in [1.29, 1.82) is 0 Å². The van der Waals surface area contributed by atoms with Crippen molar-refractivity contribution < 1.29 is 9.53 Å². The zero-order valence-electron chi connectivity index (χ0n) is 19.7. The lowest BCUT2D eigenvalue weighted by Gasteiger charge is -2.19. The van der Waals surface area contributed by atoms with Crippen LogP contribution in [0.5, 0.6) is 5.75 Å². The summed E-state index contributed by atoms with van der Waals surface area (Å²) < 4.78 is 7.19. The molecule has 0 radical (unpaired) electrons. The molecule has 6 nitrogen and oxygen atoms in total. The molecule has 1 aliphatic heterocycles. The second kappa shape index (κ2) is 11.1. The molecule has 0 saturated heterocycles. The van der Waals surface area contributed by atoms with E-state index in [-0.39, 0.29) is 11.5 Å². The predicted molar refractivity (Wildman–Crippen MR) is 129 cm³/mol. The number of rotatable bonds is 8. The molecule has 3 rings (SSSR count). The van der Waals surface area contributed by atoms with E-state index in [4.69, 9.17) is 4.74 Å². The summed E-state index contributed by atoms with van der Waals surface area (Å²) in [7, 11) is 1.51. The van der Waals surface area contributed by atoms with Gasteiger partial charge in [-0.1, -0.05) is 55.8 Å². The van der Waals surface area contributed by atoms with Gasteiger partial charge >= 0.3 is 0 Å². The van der Waals surface area contributed by atoms with E-state index >= 15 is 0 Å². The highest BCUT2D eigenvalue weighted by atomic mass is 16.5. The lowest BCUT2D eigenvalue weighted by Crippen LogP contribution is -2.32. The molecule has 2 aromatic rings. The van der Waals surface area contributed by atoms with Crippen molar-refractivity contribution >= 4 is 12.0 Å². The Morgan fingerprint density at radius 3 is 2.62 bits per heavy atom. The maximum atomic E-state index is 13.0. The van der Waals surface area contributed by atoms with Gasteiger partial charge in [0, 0.05) is 50.9 Å². The number of methoxy groups -OCH3 is 1. The molecule has 1 amide bonds. The van der Waals surface area contributed by atoms with Crippen molar-refractivity contribution in [2.75, 3.05) is 33.3 Å². The van der Waals surface area contributed by atoms with Crippen molar-refractivity contribution in [2.24, 2.45) is 5.92 Å². The van der Waals surface area contributed by atoms with E-state index in [1.807, 2.05) is 18.2 Å². The number of nitrogens with one attached hydrogen (secondary N) is 1. The zero-order valence-corrected chi connectivity index (χ0v) is 19.7. The molecule has 0 aliphatic carbocycles. The van der Waals surface area contributed by atoms with Crippen LogP contribution in [0.1, 0.15) is 48.8 Å². The van der Waals surface area contributed by atoms with Gasteiger partial charge in [0.15, 0.2) is 0 Å². The van der Waals surface area contributed by atoms with Crippen molar-refractivity contribution in [3.05, 3.63) is 69.1 Å². The number of benzene rings is 1. The smallest absolute Gasteiger partial charge is 0.256 e. The van der Waals surface area contributed by atoms with E-state index in [1.54, 1.807) is 4.57 Å². The Kier molecular flexibility index (Phi) is 8.28. The SMILES string of the molecule is COc1cc(=O)n2c(c1C(=O)NCCC(C)C)CCN(C/C(C)=C/c1ccccc1)CC2. The monoisotopic (exact) mass is 437 g/mol. The molecule has 0 atom stereocenters. The minimum absolute atomic E-state index is 0.117. The van der Waals surface area contributed by atoms with Gasteiger partial charge in [-0.3, -0.25) is 14.5 Å². The summed E-state index contributed by atoms with van der Waals surface area (Å²) in [5.41, 5.74) is 3.59. The summed E-state index contributed by atoms with van der Waals surface area (Å²) in [6.45, 7) is 9.91. The number of nitrogens with zero attached hydrogens (tertiary/aromatic N) is 2. The highest BCUT2D eigenvalue weighted by Crippen LogP contribution is 2.23. The topological polar surface area (TPSA) is 63.6 Å². The van der Waals surface area contributed by atoms with Gasteiger partial charge < -0.3 is 14.6 Å². The molecule has 0 saturated carbocycles. The Bertz CT molecular complexity index is 1010. The van der Waals surface area contributed by atoms with Crippen molar-refractivity contribution in [1.82, 2.24) is 14.8 Å². The molecule has 0 unspecified atom stereocenters. The van der Waals surface area contributed by atoms with E-state index in [9.17, 15) is 9.59 Å². The minimum Gasteiger partial charge on any atom is -0.496 e. The molecular weight excluding hydrogens is 402 g/mol. The second-order valence-electron chi connectivity index (χ2n) is 8.89. The van der Waals surface area contributed by atoms with Crippen LogP contribution in [0.2, 0.25) is 0 Å². The molecule has 1 aromatic heterocycles. The Morgan fingerprint density at radius 1 is 1.19 bits per heavy atom. The van der Waals surface area contributed by atoms with Crippen LogP contribution in [0.25, 0.3) is 6.08 Å². The van der Waals surface area contributed by atoms with Crippen LogP contribution in [0.4, 0.5) is 0 Å². The number of hydrogen-bond donors (Lipinski definition) is 1. The number of ether oxygens (including phenoxy) is 1. The third-order valence-corrected chi connectivity index (χ3v) is 5.83. The zero-order chi connectivity index (χ0) is 23.1. The van der Waals surface area contributed by atoms with E-state index in [1.165, 1.54) is 24.3 Å². The van der Waals surface area contributed by atoms with E-state index in [0.717, 1.165) is 31.7 Å². The molecule has 32 heavy (non-hydrogen) atoms. The number of pyridine rings is 1. The number of amides is 1. The quantitative estimate of drug-likeness (QED) is 0.686. The molecule has 1 aliphatic rings. The van der Waals surface area contributed by atoms with Gasteiger partial charge in [-0.25, -0.2) is 0 Å². The second-order valence-corrected chi connectivity index (χ2v) is 8.89. The summed E-state index contributed by atoms with van der Waals surface area (Å²) in [6.07, 6.45) is 3.72. The first-order chi connectivity index (χ1) is 15.4. The van der Waals surface area contributed by atoms with Gasteiger partial charge in [-0.15, -0.1) is 0 Å². The van der Waals surface area contributed by atoms with Crippen molar-refractivity contribution in [3.8, 4) is 5.75 Å². The molecule has 0 spiro atoms. The minimum atomic E-state index is -0.167. The maximum Gasteiger partial charge on any atom is 0.256 e. The van der Waals surface area contributed by atoms with E-state index in [2.05, 4.69) is 49.2 Å². The number of fused-ring (bicyclic) bond motifs is 1. The average Bonchev–Trinajstić information content (AvgIpc) is 2.97. The molecule has 1 N–H and O–H groups in total. The van der Waals surface area contributed by atoms with Crippen molar-refractivity contribution in [3.63, 3.8) is 0 Å². The van der Waals surface area contributed by atoms with Gasteiger partial charge in [0.2, 0.25) is 0 Å². The Balaban J connectivity index is 1.79. The third-order valence-electron chi connectivity index (χ3n) is 5.83. The largest absolute Gasteiger partial charge is 0.496 e. The first-order valence-electron chi connectivity index (χ1n) is 11.4. The van der Waals surface area contributed by atoms with Crippen LogP contribution < -0.4 is 15.6 Å². The summed E-state index contributed by atoms with van der Waals surface area (Å²) in [6, 6.07) is 11.7. The molecule has 172 valence electrons. The highest BCUT2D eigenvalue weighted by molar-refractivity contribution is 5.98. The normalized spacial score (nSPS) is 14.7. The fraction of sp³-hybridized carbons (Fsp3) is 0.462. The lowest BCUT2D eigenvalue weighted by molar-refractivity contribution is 0.0946. The average molecular weight is 438 g/mol. The van der Waals surface area contributed by atoms with Gasteiger partial charge in [0.1, 0.15) is 11.3 Å². The van der Waals surface area contributed by atoms with Crippen LogP contribution in [-0.2, 0) is 13.0 Å². The summed E-state index contributed by atoms with van der Waals surface area (Å²) >= 11 is 0. The third kappa shape index (κ3) is 6.10. The summed E-state index contributed by atoms with van der Waals surface area (Å²) in [5, 5.41) is 3.01. The Morgan fingerprint density at radius 2 is 1.94 bits per heavy atom. The van der Waals surface area contributed by atoms with Gasteiger partial charge in [-0.05, 0) is 24.8 Å². The Hall–Kier alpha value is -2.86. The van der Waals surface area contributed by atoms with Gasteiger partial charge in [-0.2, -0.15) is 0 Å². The van der Waals surface area contributed by atoms with Crippen LogP contribution in [0, 0.1) is 5.92 Å². The van der Waals surface area contributed by atoms with Gasteiger partial charge in [0.05, 0.1) is 7.11 Å². The Labute approximate surface area is 190 Å². The van der Waals surface area contributed by atoms with Gasteiger partial charge in [0.25, 0.3) is 11.5 Å². The molecular formula is C26H35N3O3. The first-order valence-corrected chi connectivity index (χ1v) is 11.4. The summed E-state index contributed by atoms with van der Waals surface area (Å²) in [5.74, 6) is 0.699. The van der Waals surface area contributed by atoms with Crippen LogP contribution in [0.15, 0.2) is 46.8 Å². The number of carbonyl (C=O) groups excluding carboxylic acids is 1. The fourth-order valence-corrected chi connectivity index (χ4v) is 4.15. The number of hydrogen-bond acceptors (Lipinski definition) is 4. The molecule has 0 fully saturated rings. The van der Waals surface area contributed by atoms with Crippen LogP contribution >= 0.6 is 0 Å². The van der Waals surface area contributed by atoms with Crippen LogP contribution in [-0.4, -0.2) is 48.7 Å². The first kappa shape index (κ1) is 23.8. The predicted octanol–water partition coefficient (Wildman–Crippen LogP) is 3.59. The standard InChI is InChI=1S/C26H35N3O3/c1-19(2)10-12-27-26(31)25-22-11-13-28(14-15-29(22)24(30)17-23(25)32-4)18-20(3)16-21-8-6-5-7-9-21/h5-9,16-17,19H,10-15,18H2,1-4H3,(H,27,31)/b20-16+. The van der Waals surface area contributed by atoms with E-state index < -0.39 is 0 Å². The fourth-order valence-electron chi connectivity index (χ4n) is 4.15. The number of aromatic nitrogens is 1. The molecule has 1 aromatic carbocycles. The molecule has 0 bridgehead atoms. The number of carbonyl (C=O) groups is 1. The lowest BCUT2D eigenvalue weighted by atomic mass is 10.1. The van der Waals surface area contributed by atoms with Crippen LogP contribution in [0.3, 0.4) is 0 Å². The highest BCUT2D eigenvalue weighted by Gasteiger charge is 2.25. The van der Waals surface area contributed by atoms with Crippen molar-refractivity contribution in [2.45, 2.75) is 40.2 Å². The molecule has 6 heteroatoms. The maximum absolute atomic E-state index is 13.0. The van der Waals surface area contributed by atoms with E-state index in [0.29, 0.717) is 36.7 Å². The molecule has 2 heterocycles. The summed E-state index contributed by atoms with van der Waals surface area (Å²) in [4.78, 5) is 28.1.